The van der Waals surface area contributed by atoms with E-state index in [4.69, 9.17) is 9.84 Å². The highest BCUT2D eigenvalue weighted by Gasteiger charge is 2.17. The minimum absolute atomic E-state index is 0.0379. The van der Waals surface area contributed by atoms with Gasteiger partial charge in [-0.15, -0.1) is 0 Å². The average Bonchev–Trinajstić information content (AvgIpc) is 2.61. The average molecular weight is 235 g/mol. The summed E-state index contributed by atoms with van der Waals surface area (Å²) in [6.07, 6.45) is 0. The summed E-state index contributed by atoms with van der Waals surface area (Å²) in [5.74, 6) is -0.416. The van der Waals surface area contributed by atoms with Crippen molar-refractivity contribution in [2.24, 2.45) is 0 Å². The Morgan fingerprint density at radius 3 is 2.94 bits per heavy atom. The van der Waals surface area contributed by atoms with Gasteiger partial charge in [0.2, 0.25) is 0 Å². The van der Waals surface area contributed by atoms with E-state index in [1.165, 1.54) is 6.07 Å². The first-order valence-corrected chi connectivity index (χ1v) is 5.22. The largest absolute Gasteiger partial charge is 0.508 e. The van der Waals surface area contributed by atoms with Crippen LogP contribution in [-0.2, 0) is 4.74 Å². The number of fused-ring (bicyclic) bond motifs is 1. The Hall–Kier alpha value is -2.01. The first-order chi connectivity index (χ1) is 8.13. The lowest BCUT2D eigenvalue weighted by atomic mass is 10.1. The van der Waals surface area contributed by atoms with Gasteiger partial charge in [0.25, 0.3) is 0 Å². The normalized spacial score (nSPS) is 10.7. The minimum atomic E-state index is -0.506. The maximum absolute atomic E-state index is 11.8. The van der Waals surface area contributed by atoms with E-state index in [-0.39, 0.29) is 19.0 Å². The predicted octanol–water partition coefficient (Wildman–Crippen LogP) is 1.33. The number of aromatic hydroxyl groups is 1. The molecule has 0 radical (unpaired) electrons. The second-order valence-electron chi connectivity index (χ2n) is 3.71. The van der Waals surface area contributed by atoms with Crippen LogP contribution in [-0.4, -0.2) is 34.4 Å². The Morgan fingerprint density at radius 1 is 1.47 bits per heavy atom. The number of rotatable bonds is 3. The van der Waals surface area contributed by atoms with Crippen molar-refractivity contribution in [1.82, 2.24) is 4.98 Å². The fraction of sp³-hybridized carbons (Fsp3) is 0.250. The van der Waals surface area contributed by atoms with Gasteiger partial charge in [0.1, 0.15) is 12.4 Å². The van der Waals surface area contributed by atoms with Crippen molar-refractivity contribution in [3.05, 3.63) is 29.5 Å². The predicted molar refractivity (Wildman–Crippen MR) is 62.1 cm³/mol. The fourth-order valence-corrected chi connectivity index (χ4v) is 1.79. The molecule has 0 spiro atoms. The molecule has 5 heteroatoms. The van der Waals surface area contributed by atoms with Gasteiger partial charge in [-0.25, -0.2) is 4.79 Å². The molecule has 0 aliphatic heterocycles. The number of H-pyrrole nitrogens is 1. The standard InChI is InChI=1S/C12H13NO4/c1-7-11(12(16)17-5-4-14)9-6-8(15)2-3-10(9)13-7/h2-3,6,13-15H,4-5H2,1H3. The number of hydrogen-bond donors (Lipinski definition) is 3. The molecule has 5 nitrogen and oxygen atoms in total. The molecule has 3 N–H and O–H groups in total. The van der Waals surface area contributed by atoms with Crippen LogP contribution in [0.1, 0.15) is 16.1 Å². The minimum Gasteiger partial charge on any atom is -0.508 e. The highest BCUT2D eigenvalue weighted by Crippen LogP contribution is 2.26. The number of aliphatic hydroxyl groups is 1. The molecule has 0 amide bonds. The number of phenols is 1. The smallest absolute Gasteiger partial charge is 0.340 e. The number of carbonyl (C=O) groups excluding carboxylic acids is 1. The number of hydrogen-bond acceptors (Lipinski definition) is 4. The third-order valence-electron chi connectivity index (χ3n) is 2.50. The molecular weight excluding hydrogens is 222 g/mol. The maximum Gasteiger partial charge on any atom is 0.340 e. The van der Waals surface area contributed by atoms with Crippen LogP contribution < -0.4 is 0 Å². The number of ether oxygens (including phenoxy) is 1. The Balaban J connectivity index is 2.48. The molecule has 2 rings (SSSR count). The van der Waals surface area contributed by atoms with Gasteiger partial charge in [0.15, 0.2) is 0 Å². The highest BCUT2D eigenvalue weighted by atomic mass is 16.5. The highest BCUT2D eigenvalue weighted by molar-refractivity contribution is 6.05. The number of esters is 1. The fourth-order valence-electron chi connectivity index (χ4n) is 1.79. The number of aliphatic hydroxyl groups excluding tert-OH is 1. The van der Waals surface area contributed by atoms with Gasteiger partial charge in [-0.2, -0.15) is 0 Å². The molecule has 0 aliphatic carbocycles. The molecule has 1 heterocycles. The molecule has 0 fully saturated rings. The quantitative estimate of drug-likeness (QED) is 0.701. The summed E-state index contributed by atoms with van der Waals surface area (Å²) >= 11 is 0. The zero-order valence-corrected chi connectivity index (χ0v) is 9.36. The summed E-state index contributed by atoms with van der Waals surface area (Å²) in [5, 5.41) is 18.6. The Kier molecular flexibility index (Phi) is 3.01. The van der Waals surface area contributed by atoms with Crippen molar-refractivity contribution in [3.8, 4) is 5.75 Å². The van der Waals surface area contributed by atoms with Crippen molar-refractivity contribution in [1.29, 1.82) is 0 Å². The van der Waals surface area contributed by atoms with Crippen LogP contribution in [0.3, 0.4) is 0 Å². The second-order valence-corrected chi connectivity index (χ2v) is 3.71. The van der Waals surface area contributed by atoms with Crippen LogP contribution in [0.5, 0.6) is 5.75 Å². The Bertz CT molecular complexity index is 559. The van der Waals surface area contributed by atoms with Gasteiger partial charge >= 0.3 is 5.97 Å². The summed E-state index contributed by atoms with van der Waals surface area (Å²) in [7, 11) is 0. The van der Waals surface area contributed by atoms with Crippen LogP contribution in [0.2, 0.25) is 0 Å². The van der Waals surface area contributed by atoms with Crippen molar-refractivity contribution in [2.45, 2.75) is 6.92 Å². The lowest BCUT2D eigenvalue weighted by Gasteiger charge is -2.02. The van der Waals surface area contributed by atoms with E-state index >= 15 is 0 Å². The van der Waals surface area contributed by atoms with Gasteiger partial charge in [0, 0.05) is 16.6 Å². The molecule has 0 unspecified atom stereocenters. The molecule has 1 aromatic carbocycles. The zero-order valence-electron chi connectivity index (χ0n) is 9.36. The summed E-state index contributed by atoms with van der Waals surface area (Å²) in [4.78, 5) is 14.8. The number of phenolic OH excluding ortho intramolecular Hbond substituents is 1. The van der Waals surface area contributed by atoms with E-state index in [0.717, 1.165) is 5.52 Å². The van der Waals surface area contributed by atoms with Crippen molar-refractivity contribution >= 4 is 16.9 Å². The lowest BCUT2D eigenvalue weighted by molar-refractivity contribution is 0.0435. The maximum atomic E-state index is 11.8. The van der Waals surface area contributed by atoms with Gasteiger partial charge in [-0.3, -0.25) is 0 Å². The Morgan fingerprint density at radius 2 is 2.24 bits per heavy atom. The molecule has 0 saturated heterocycles. The number of aromatic nitrogens is 1. The first kappa shape index (κ1) is 11.5. The summed E-state index contributed by atoms with van der Waals surface area (Å²) < 4.78 is 4.87. The monoisotopic (exact) mass is 235 g/mol. The molecule has 17 heavy (non-hydrogen) atoms. The van der Waals surface area contributed by atoms with E-state index in [1.807, 2.05) is 0 Å². The SMILES string of the molecule is Cc1[nH]c2ccc(O)cc2c1C(=O)OCCO. The van der Waals surface area contributed by atoms with Crippen LogP contribution in [0, 0.1) is 6.92 Å². The number of nitrogens with one attached hydrogen (secondary N) is 1. The summed E-state index contributed by atoms with van der Waals surface area (Å²) in [6, 6.07) is 4.75. The van der Waals surface area contributed by atoms with Crippen molar-refractivity contribution in [3.63, 3.8) is 0 Å². The molecule has 90 valence electrons. The first-order valence-electron chi connectivity index (χ1n) is 5.22. The van der Waals surface area contributed by atoms with Gasteiger partial charge < -0.3 is 19.9 Å². The van der Waals surface area contributed by atoms with Crippen LogP contribution in [0.15, 0.2) is 18.2 Å². The van der Waals surface area contributed by atoms with Crippen LogP contribution in [0.25, 0.3) is 10.9 Å². The molecule has 1 aromatic heterocycles. The molecular formula is C12H13NO4. The molecule has 0 atom stereocenters. The van der Waals surface area contributed by atoms with E-state index in [1.54, 1.807) is 19.1 Å². The topological polar surface area (TPSA) is 82.5 Å². The molecule has 0 bridgehead atoms. The van der Waals surface area contributed by atoms with Crippen molar-refractivity contribution in [2.75, 3.05) is 13.2 Å². The Labute approximate surface area is 97.6 Å². The summed E-state index contributed by atoms with van der Waals surface area (Å²) in [5.41, 5.74) is 1.83. The second kappa shape index (κ2) is 4.47. The summed E-state index contributed by atoms with van der Waals surface area (Å²) in [6.45, 7) is 1.51. The number of aromatic amines is 1. The zero-order chi connectivity index (χ0) is 12.4. The van der Waals surface area contributed by atoms with Gasteiger partial charge in [-0.05, 0) is 25.1 Å². The van der Waals surface area contributed by atoms with Crippen LogP contribution in [0.4, 0.5) is 0 Å². The van der Waals surface area contributed by atoms with E-state index < -0.39 is 5.97 Å². The third kappa shape index (κ3) is 2.09. The van der Waals surface area contributed by atoms with E-state index in [9.17, 15) is 9.90 Å². The molecule has 0 saturated carbocycles. The van der Waals surface area contributed by atoms with Crippen LogP contribution >= 0.6 is 0 Å². The number of carbonyl (C=O) groups is 1. The number of benzene rings is 1. The van der Waals surface area contributed by atoms with E-state index in [0.29, 0.717) is 16.6 Å². The third-order valence-corrected chi connectivity index (χ3v) is 2.50. The van der Waals surface area contributed by atoms with Gasteiger partial charge in [0.05, 0.1) is 12.2 Å². The molecule has 2 aromatic rings. The van der Waals surface area contributed by atoms with Gasteiger partial charge in [-0.1, -0.05) is 0 Å². The molecule has 0 aliphatic rings. The van der Waals surface area contributed by atoms with Crippen molar-refractivity contribution < 1.29 is 19.7 Å². The number of aryl methyl sites for hydroxylation is 1. The lowest BCUT2D eigenvalue weighted by Crippen LogP contribution is -2.09. The van der Waals surface area contributed by atoms with E-state index in [2.05, 4.69) is 4.98 Å².